The topological polar surface area (TPSA) is 65.3 Å². The van der Waals surface area contributed by atoms with Crippen LogP contribution in [0.5, 0.6) is 0 Å². The van der Waals surface area contributed by atoms with Gasteiger partial charge in [-0.1, -0.05) is 0 Å². The summed E-state index contributed by atoms with van der Waals surface area (Å²) in [6.07, 6.45) is 1.52. The van der Waals surface area contributed by atoms with E-state index in [1.165, 1.54) is 17.8 Å². The zero-order valence-electron chi connectivity index (χ0n) is 10.9. The van der Waals surface area contributed by atoms with Gasteiger partial charge in [0.05, 0.1) is 17.7 Å². The molecule has 1 rings (SSSR count). The second-order valence-corrected chi connectivity index (χ2v) is 4.95. The molecule has 1 aromatic rings. The Balaban J connectivity index is 2.87. The first-order chi connectivity index (χ1) is 7.72. The molecule has 6 nitrogen and oxygen atoms in total. The van der Waals surface area contributed by atoms with E-state index >= 15 is 0 Å². The summed E-state index contributed by atoms with van der Waals surface area (Å²) < 4.78 is 2.45. The second kappa shape index (κ2) is 4.85. The molecule has 0 saturated heterocycles. The Kier molecular flexibility index (Phi) is 3.90. The molecule has 0 radical (unpaired) electrons. The normalized spacial score (nSPS) is 11.8. The van der Waals surface area contributed by atoms with E-state index in [-0.39, 0.29) is 23.4 Å². The summed E-state index contributed by atoms with van der Waals surface area (Å²) in [5, 5.41) is 0. The van der Waals surface area contributed by atoms with Crippen molar-refractivity contribution in [1.82, 2.24) is 14.6 Å². The van der Waals surface area contributed by atoms with Crippen molar-refractivity contribution < 1.29 is 4.84 Å². The third-order valence-electron chi connectivity index (χ3n) is 2.16. The fraction of sp³-hybridized carbons (Fsp3) is 0.636. The molecule has 0 bridgehead atoms. The predicted octanol–water partition coefficient (Wildman–Crippen LogP) is -0.0963. The summed E-state index contributed by atoms with van der Waals surface area (Å²) >= 11 is 0. The smallest absolute Gasteiger partial charge is 0.303 e. The predicted molar refractivity (Wildman–Crippen MR) is 64.6 cm³/mol. The van der Waals surface area contributed by atoms with Gasteiger partial charge in [-0.3, -0.25) is 14.2 Å². The van der Waals surface area contributed by atoms with E-state index in [2.05, 4.69) is 5.48 Å². The third kappa shape index (κ3) is 3.54. The van der Waals surface area contributed by atoms with Crippen LogP contribution >= 0.6 is 0 Å². The first-order valence-corrected chi connectivity index (χ1v) is 5.39. The highest BCUT2D eigenvalue weighted by molar-refractivity contribution is 5.04. The number of hydrogen-bond donors (Lipinski definition) is 1. The number of nitrogens with one attached hydrogen (secondary N) is 1. The molecule has 0 amide bonds. The Hall–Kier alpha value is -1.40. The van der Waals surface area contributed by atoms with E-state index < -0.39 is 0 Å². The van der Waals surface area contributed by atoms with Crippen molar-refractivity contribution >= 4 is 0 Å². The van der Waals surface area contributed by atoms with Crippen LogP contribution in [0, 0.1) is 0 Å². The number of aromatic nitrogens is 2. The van der Waals surface area contributed by atoms with Crippen LogP contribution < -0.4 is 16.7 Å². The molecular formula is C11H19N3O3. The Morgan fingerprint density at radius 3 is 2.41 bits per heavy atom. The van der Waals surface area contributed by atoms with Crippen LogP contribution in [0.15, 0.2) is 15.8 Å². The van der Waals surface area contributed by atoms with Crippen molar-refractivity contribution in [2.24, 2.45) is 14.1 Å². The Morgan fingerprint density at radius 1 is 1.29 bits per heavy atom. The van der Waals surface area contributed by atoms with Crippen LogP contribution in [0.1, 0.15) is 26.3 Å². The molecular weight excluding hydrogens is 222 g/mol. The zero-order valence-corrected chi connectivity index (χ0v) is 10.9. The molecule has 0 fully saturated rings. The van der Waals surface area contributed by atoms with Crippen molar-refractivity contribution in [3.63, 3.8) is 0 Å². The molecule has 96 valence electrons. The Labute approximate surface area is 99.8 Å². The fourth-order valence-corrected chi connectivity index (χ4v) is 1.33. The summed E-state index contributed by atoms with van der Waals surface area (Å²) in [5.41, 5.74) is 2.24. The number of aryl methyl sites for hydroxylation is 1. The van der Waals surface area contributed by atoms with Gasteiger partial charge in [0.15, 0.2) is 0 Å². The molecule has 0 atom stereocenters. The maximum atomic E-state index is 11.8. The molecule has 0 aliphatic rings. The fourth-order valence-electron chi connectivity index (χ4n) is 1.33. The summed E-state index contributed by atoms with van der Waals surface area (Å²) in [5.74, 6) is 0. The van der Waals surface area contributed by atoms with Gasteiger partial charge in [0, 0.05) is 20.3 Å². The van der Waals surface area contributed by atoms with Crippen molar-refractivity contribution in [1.29, 1.82) is 0 Å². The molecule has 0 spiro atoms. The summed E-state index contributed by atoms with van der Waals surface area (Å²) in [7, 11) is 3.06. The van der Waals surface area contributed by atoms with Crippen molar-refractivity contribution in [2.45, 2.75) is 32.9 Å². The van der Waals surface area contributed by atoms with Gasteiger partial charge in [-0.2, -0.15) is 5.48 Å². The first-order valence-electron chi connectivity index (χ1n) is 5.39. The molecule has 0 aromatic carbocycles. The number of hydroxylamine groups is 1. The van der Waals surface area contributed by atoms with E-state index in [0.29, 0.717) is 5.56 Å². The van der Waals surface area contributed by atoms with Gasteiger partial charge in [-0.15, -0.1) is 0 Å². The molecule has 1 aromatic heterocycles. The van der Waals surface area contributed by atoms with Crippen LogP contribution in [0.2, 0.25) is 0 Å². The van der Waals surface area contributed by atoms with Gasteiger partial charge in [0.1, 0.15) is 0 Å². The lowest BCUT2D eigenvalue weighted by Gasteiger charge is -2.19. The molecule has 1 heterocycles. The first kappa shape index (κ1) is 13.7. The number of hydrogen-bond acceptors (Lipinski definition) is 4. The van der Waals surface area contributed by atoms with Crippen molar-refractivity contribution in [3.05, 3.63) is 32.6 Å². The Morgan fingerprint density at radius 2 is 1.88 bits per heavy atom. The van der Waals surface area contributed by atoms with Gasteiger partial charge in [0.25, 0.3) is 5.56 Å². The average Bonchev–Trinajstić information content (AvgIpc) is 2.21. The number of rotatable bonds is 3. The monoisotopic (exact) mass is 241 g/mol. The SMILES string of the molecule is Cn1cc(CNOC(C)(C)C)c(=O)n(C)c1=O. The van der Waals surface area contributed by atoms with Crippen LogP contribution in [0.3, 0.4) is 0 Å². The lowest BCUT2D eigenvalue weighted by atomic mass is 10.2. The minimum Gasteiger partial charge on any atom is -0.303 e. The molecule has 1 N–H and O–H groups in total. The van der Waals surface area contributed by atoms with Crippen LogP contribution in [0.25, 0.3) is 0 Å². The summed E-state index contributed by atoms with van der Waals surface area (Å²) in [6, 6.07) is 0. The van der Waals surface area contributed by atoms with Crippen LogP contribution in [0.4, 0.5) is 0 Å². The lowest BCUT2D eigenvalue weighted by Crippen LogP contribution is -2.40. The maximum absolute atomic E-state index is 11.8. The summed E-state index contributed by atoms with van der Waals surface area (Å²) in [6.45, 7) is 5.97. The quantitative estimate of drug-likeness (QED) is 0.751. The van der Waals surface area contributed by atoms with E-state index in [0.717, 1.165) is 4.57 Å². The highest BCUT2D eigenvalue weighted by Gasteiger charge is 2.11. The van der Waals surface area contributed by atoms with Crippen LogP contribution in [-0.4, -0.2) is 14.7 Å². The molecule has 17 heavy (non-hydrogen) atoms. The molecule has 0 aliphatic carbocycles. The minimum atomic E-state index is -0.338. The van der Waals surface area contributed by atoms with E-state index in [4.69, 9.17) is 4.84 Å². The standard InChI is InChI=1S/C11H19N3O3/c1-11(2,3)17-12-6-8-7-13(4)10(16)14(5)9(8)15/h7,12H,6H2,1-5H3. The van der Waals surface area contributed by atoms with E-state index in [1.807, 2.05) is 20.8 Å². The zero-order chi connectivity index (χ0) is 13.2. The van der Waals surface area contributed by atoms with Gasteiger partial charge >= 0.3 is 5.69 Å². The average molecular weight is 241 g/mol. The van der Waals surface area contributed by atoms with E-state index in [9.17, 15) is 9.59 Å². The molecule has 0 aliphatic heterocycles. The summed E-state index contributed by atoms with van der Waals surface area (Å²) in [4.78, 5) is 28.5. The van der Waals surface area contributed by atoms with Gasteiger partial charge in [0.2, 0.25) is 0 Å². The lowest BCUT2D eigenvalue weighted by molar-refractivity contribution is -0.0759. The molecule has 0 saturated carbocycles. The molecule has 0 unspecified atom stereocenters. The highest BCUT2D eigenvalue weighted by atomic mass is 16.7. The highest BCUT2D eigenvalue weighted by Crippen LogP contribution is 2.03. The van der Waals surface area contributed by atoms with E-state index in [1.54, 1.807) is 7.05 Å². The molecule has 6 heteroatoms. The largest absolute Gasteiger partial charge is 0.330 e. The Bertz CT molecular complexity index is 508. The van der Waals surface area contributed by atoms with Gasteiger partial charge < -0.3 is 4.57 Å². The van der Waals surface area contributed by atoms with Gasteiger partial charge in [-0.25, -0.2) is 4.79 Å². The van der Waals surface area contributed by atoms with Crippen molar-refractivity contribution in [2.75, 3.05) is 0 Å². The maximum Gasteiger partial charge on any atom is 0.330 e. The number of nitrogens with zero attached hydrogens (tertiary/aromatic N) is 2. The second-order valence-electron chi connectivity index (χ2n) is 4.95. The van der Waals surface area contributed by atoms with Crippen molar-refractivity contribution in [3.8, 4) is 0 Å². The van der Waals surface area contributed by atoms with Gasteiger partial charge in [-0.05, 0) is 20.8 Å². The third-order valence-corrected chi connectivity index (χ3v) is 2.16. The minimum absolute atomic E-state index is 0.262. The van der Waals surface area contributed by atoms with Crippen LogP contribution in [-0.2, 0) is 25.5 Å².